The minimum atomic E-state index is -0.125. The van der Waals surface area contributed by atoms with Crippen LogP contribution in [-0.2, 0) is 14.3 Å². The van der Waals surface area contributed by atoms with Gasteiger partial charge in [-0.05, 0) is 80.0 Å². The molecule has 0 spiro atoms. The number of fused-ring (bicyclic) bond motifs is 5. The van der Waals surface area contributed by atoms with Gasteiger partial charge in [0.05, 0.1) is 0 Å². The van der Waals surface area contributed by atoms with Crippen molar-refractivity contribution >= 4 is 11.8 Å². The minimum Gasteiger partial charge on any atom is -0.463 e. The van der Waals surface area contributed by atoms with Gasteiger partial charge in [0.25, 0.3) is 0 Å². The summed E-state index contributed by atoms with van der Waals surface area (Å²) in [5, 5.41) is 0. The summed E-state index contributed by atoms with van der Waals surface area (Å²) in [4.78, 5) is 23.3. The second-order valence-electron chi connectivity index (χ2n) is 9.09. The van der Waals surface area contributed by atoms with Crippen LogP contribution < -0.4 is 0 Å². The minimum absolute atomic E-state index is 0.125. The van der Waals surface area contributed by atoms with Crippen LogP contribution >= 0.6 is 0 Å². The van der Waals surface area contributed by atoms with Crippen LogP contribution in [0.5, 0.6) is 0 Å². The highest BCUT2D eigenvalue weighted by Crippen LogP contribution is 2.61. The zero-order chi connectivity index (χ0) is 16.2. The first-order valence-corrected chi connectivity index (χ1v) is 9.65. The molecule has 0 heterocycles. The quantitative estimate of drug-likeness (QED) is 0.682. The second kappa shape index (κ2) is 5.60. The van der Waals surface area contributed by atoms with E-state index in [2.05, 4.69) is 6.92 Å². The second-order valence-corrected chi connectivity index (χ2v) is 9.09. The Balaban J connectivity index is 1.48. The van der Waals surface area contributed by atoms with E-state index < -0.39 is 0 Å². The van der Waals surface area contributed by atoms with E-state index >= 15 is 0 Å². The van der Waals surface area contributed by atoms with Gasteiger partial charge >= 0.3 is 5.97 Å². The van der Waals surface area contributed by atoms with Gasteiger partial charge in [0, 0.05) is 19.8 Å². The Morgan fingerprint density at radius 1 is 1.09 bits per heavy atom. The van der Waals surface area contributed by atoms with Crippen molar-refractivity contribution < 1.29 is 14.3 Å². The molecular formula is C20H30O3. The molecule has 0 aromatic rings. The Hall–Kier alpha value is -0.860. The molecule has 0 saturated heterocycles. The lowest BCUT2D eigenvalue weighted by Crippen LogP contribution is -2.48. The first-order valence-electron chi connectivity index (χ1n) is 9.65. The van der Waals surface area contributed by atoms with E-state index in [9.17, 15) is 9.59 Å². The molecule has 128 valence electrons. The normalized spacial score (nSPS) is 49.0. The number of ether oxygens (including phenoxy) is 1. The Morgan fingerprint density at radius 3 is 2.65 bits per heavy atom. The molecule has 23 heavy (non-hydrogen) atoms. The predicted octanol–water partition coefficient (Wildman–Crippen LogP) is 4.14. The monoisotopic (exact) mass is 318 g/mol. The third kappa shape index (κ3) is 2.64. The first-order chi connectivity index (χ1) is 11.0. The van der Waals surface area contributed by atoms with Crippen LogP contribution in [0.25, 0.3) is 0 Å². The molecule has 3 heteroatoms. The molecule has 7 atom stereocenters. The summed E-state index contributed by atoms with van der Waals surface area (Å²) in [6.07, 6.45) is 10.4. The third-order valence-electron chi connectivity index (χ3n) is 7.81. The molecule has 0 aliphatic heterocycles. The summed E-state index contributed by atoms with van der Waals surface area (Å²) in [5.41, 5.74) is 0.306. The van der Waals surface area contributed by atoms with Gasteiger partial charge in [-0.25, -0.2) is 0 Å². The molecule has 4 aliphatic carbocycles. The van der Waals surface area contributed by atoms with Crippen LogP contribution in [0.15, 0.2) is 0 Å². The van der Waals surface area contributed by atoms with Crippen LogP contribution in [0.4, 0.5) is 0 Å². The van der Waals surface area contributed by atoms with E-state index in [4.69, 9.17) is 4.74 Å². The molecule has 0 radical (unpaired) electrons. The van der Waals surface area contributed by atoms with Gasteiger partial charge in [-0.15, -0.1) is 0 Å². The van der Waals surface area contributed by atoms with E-state index in [0.717, 1.165) is 49.4 Å². The SMILES string of the molecule is CC(=O)O[C@H]1CC[C@@H]2[C@H](CC[C@H]3[C@H]2CC[C@@]2(C)CC(=O)C[C@H]32)C1. The number of Topliss-reactive ketones (excluding diaryl/α,β-unsaturated/α-hetero) is 1. The van der Waals surface area contributed by atoms with Gasteiger partial charge in [0.1, 0.15) is 11.9 Å². The van der Waals surface area contributed by atoms with Crippen molar-refractivity contribution in [2.24, 2.45) is 35.0 Å². The third-order valence-corrected chi connectivity index (χ3v) is 7.81. The fourth-order valence-corrected chi connectivity index (χ4v) is 6.93. The molecule has 0 unspecified atom stereocenters. The van der Waals surface area contributed by atoms with Gasteiger partial charge in [0.2, 0.25) is 0 Å². The Labute approximate surface area is 139 Å². The van der Waals surface area contributed by atoms with Crippen LogP contribution in [0, 0.1) is 35.0 Å². The summed E-state index contributed by atoms with van der Waals surface area (Å²) in [5.74, 6) is 4.22. The molecule has 0 aromatic carbocycles. The molecule has 0 N–H and O–H groups in total. The molecule has 4 fully saturated rings. The highest BCUT2D eigenvalue weighted by molar-refractivity contribution is 5.82. The van der Waals surface area contributed by atoms with Crippen molar-refractivity contribution in [1.29, 1.82) is 0 Å². The van der Waals surface area contributed by atoms with Crippen LogP contribution in [-0.4, -0.2) is 17.9 Å². The molecule has 0 amide bonds. The smallest absolute Gasteiger partial charge is 0.302 e. The van der Waals surface area contributed by atoms with E-state index in [1.807, 2.05) is 0 Å². The van der Waals surface area contributed by atoms with Crippen LogP contribution in [0.3, 0.4) is 0 Å². The number of carbonyl (C=O) groups is 2. The molecule has 4 aliphatic rings. The lowest BCUT2D eigenvalue weighted by molar-refractivity contribution is -0.151. The van der Waals surface area contributed by atoms with E-state index in [0.29, 0.717) is 17.1 Å². The maximum absolute atomic E-state index is 12.1. The maximum Gasteiger partial charge on any atom is 0.302 e. The number of hydrogen-bond acceptors (Lipinski definition) is 3. The number of hydrogen-bond donors (Lipinski definition) is 0. The van der Waals surface area contributed by atoms with Gasteiger partial charge < -0.3 is 4.74 Å². The molecule has 4 rings (SSSR count). The van der Waals surface area contributed by atoms with Crippen molar-refractivity contribution in [3.8, 4) is 0 Å². The zero-order valence-electron chi connectivity index (χ0n) is 14.6. The van der Waals surface area contributed by atoms with E-state index in [-0.39, 0.29) is 12.1 Å². The highest BCUT2D eigenvalue weighted by atomic mass is 16.5. The fourth-order valence-electron chi connectivity index (χ4n) is 6.93. The fraction of sp³-hybridized carbons (Fsp3) is 0.900. The maximum atomic E-state index is 12.1. The average molecular weight is 318 g/mol. The van der Waals surface area contributed by atoms with Crippen molar-refractivity contribution in [1.82, 2.24) is 0 Å². The molecule has 4 saturated carbocycles. The summed E-state index contributed by atoms with van der Waals surface area (Å²) in [6.45, 7) is 3.91. The van der Waals surface area contributed by atoms with Crippen molar-refractivity contribution in [3.63, 3.8) is 0 Å². The highest BCUT2D eigenvalue weighted by Gasteiger charge is 2.55. The van der Waals surface area contributed by atoms with Crippen molar-refractivity contribution in [2.75, 3.05) is 0 Å². The molecule has 0 bridgehead atoms. The number of rotatable bonds is 1. The topological polar surface area (TPSA) is 43.4 Å². The Bertz CT molecular complexity index is 513. The van der Waals surface area contributed by atoms with Crippen molar-refractivity contribution in [2.45, 2.75) is 77.7 Å². The lowest BCUT2D eigenvalue weighted by Gasteiger charge is -2.55. The predicted molar refractivity (Wildman–Crippen MR) is 87.7 cm³/mol. The van der Waals surface area contributed by atoms with Crippen LogP contribution in [0.1, 0.15) is 71.6 Å². The standard InChI is InChI=1S/C20H30O3/c1-12(21)23-15-4-6-16-13(9-15)3-5-18-17(16)7-8-20(2)11-14(22)10-19(18)20/h13,15-19H,3-11H2,1-2H3/t13-,15+,16-,17+,18+,19-,20+/m1/s1. The summed E-state index contributed by atoms with van der Waals surface area (Å²) >= 11 is 0. The van der Waals surface area contributed by atoms with Crippen LogP contribution in [0.2, 0.25) is 0 Å². The van der Waals surface area contributed by atoms with Gasteiger partial charge in [-0.2, -0.15) is 0 Å². The molecule has 3 nitrogen and oxygen atoms in total. The van der Waals surface area contributed by atoms with Gasteiger partial charge in [-0.3, -0.25) is 9.59 Å². The Morgan fingerprint density at radius 2 is 1.87 bits per heavy atom. The van der Waals surface area contributed by atoms with Gasteiger partial charge in [0.15, 0.2) is 0 Å². The van der Waals surface area contributed by atoms with Gasteiger partial charge in [-0.1, -0.05) is 6.92 Å². The number of esters is 1. The number of carbonyl (C=O) groups excluding carboxylic acids is 2. The first kappa shape index (κ1) is 15.7. The summed E-state index contributed by atoms with van der Waals surface area (Å²) < 4.78 is 5.49. The molecule has 0 aromatic heterocycles. The molecular weight excluding hydrogens is 288 g/mol. The summed E-state index contributed by atoms with van der Waals surface area (Å²) in [7, 11) is 0. The number of ketones is 1. The average Bonchev–Trinajstić information content (AvgIpc) is 2.80. The largest absolute Gasteiger partial charge is 0.463 e. The van der Waals surface area contributed by atoms with E-state index in [1.165, 1.54) is 39.0 Å². The summed E-state index contributed by atoms with van der Waals surface area (Å²) in [6, 6.07) is 0. The zero-order valence-corrected chi connectivity index (χ0v) is 14.6. The van der Waals surface area contributed by atoms with Crippen molar-refractivity contribution in [3.05, 3.63) is 0 Å². The van der Waals surface area contributed by atoms with E-state index in [1.54, 1.807) is 0 Å². The Kier molecular flexibility index (Phi) is 3.81. The lowest BCUT2D eigenvalue weighted by atomic mass is 9.50.